The minimum atomic E-state index is 0.307. The number of anilines is 1. The highest BCUT2D eigenvalue weighted by Gasteiger charge is 2.56. The average molecular weight is 314 g/mol. The Balaban J connectivity index is 1.76. The summed E-state index contributed by atoms with van der Waals surface area (Å²) in [5, 5.41) is 4.85. The predicted molar refractivity (Wildman–Crippen MR) is 84.8 cm³/mol. The monoisotopic (exact) mass is 313 g/mol. The molecule has 0 radical (unpaired) electrons. The van der Waals surface area contributed by atoms with Crippen molar-refractivity contribution in [1.82, 2.24) is 0 Å². The van der Waals surface area contributed by atoms with Crippen molar-refractivity contribution in [3.05, 3.63) is 28.2 Å². The second-order valence-electron chi connectivity index (χ2n) is 5.92. The number of hydrogen-bond donors (Lipinski definition) is 1. The summed E-state index contributed by atoms with van der Waals surface area (Å²) in [7, 11) is 0. The van der Waals surface area contributed by atoms with E-state index in [1.807, 2.05) is 18.2 Å². The quantitative estimate of drug-likeness (QED) is 0.830. The van der Waals surface area contributed by atoms with Crippen molar-refractivity contribution in [2.45, 2.75) is 51.2 Å². The van der Waals surface area contributed by atoms with Gasteiger partial charge in [0, 0.05) is 18.1 Å². The smallest absolute Gasteiger partial charge is 0.0823 e. The van der Waals surface area contributed by atoms with Crippen LogP contribution in [0.4, 0.5) is 5.69 Å². The van der Waals surface area contributed by atoms with Gasteiger partial charge in [-0.05, 0) is 38.3 Å². The summed E-state index contributed by atoms with van der Waals surface area (Å²) in [4.78, 5) is 0. The number of rotatable bonds is 4. The molecule has 2 nitrogen and oxygen atoms in total. The van der Waals surface area contributed by atoms with E-state index in [4.69, 9.17) is 27.9 Å². The third-order valence-electron chi connectivity index (χ3n) is 4.97. The lowest BCUT2D eigenvalue weighted by atomic mass is 9.60. The lowest BCUT2D eigenvalue weighted by Crippen LogP contribution is -2.60. The molecule has 1 aromatic rings. The standard InChI is InChI=1S/C16H21Cl2NO/c1-2-20-14-10-13(16(14)8-3-4-9-16)19-12-7-5-6-11(17)15(12)18/h5-7,13-14,19H,2-4,8-10H2,1H3. The molecule has 2 saturated carbocycles. The maximum absolute atomic E-state index is 6.29. The van der Waals surface area contributed by atoms with Gasteiger partial charge in [0.1, 0.15) is 0 Å². The number of benzene rings is 1. The molecule has 3 rings (SSSR count). The molecule has 0 aliphatic heterocycles. The van der Waals surface area contributed by atoms with Crippen LogP contribution >= 0.6 is 23.2 Å². The summed E-state index contributed by atoms with van der Waals surface area (Å²) >= 11 is 12.4. The Morgan fingerprint density at radius 3 is 2.75 bits per heavy atom. The van der Waals surface area contributed by atoms with Crippen LogP contribution in [0.15, 0.2) is 18.2 Å². The first-order valence-electron chi connectivity index (χ1n) is 7.49. The normalized spacial score (nSPS) is 27.6. The fourth-order valence-electron chi connectivity index (χ4n) is 3.89. The van der Waals surface area contributed by atoms with Gasteiger partial charge in [0.25, 0.3) is 0 Å². The second-order valence-corrected chi connectivity index (χ2v) is 6.70. The van der Waals surface area contributed by atoms with Gasteiger partial charge in [0.15, 0.2) is 0 Å². The van der Waals surface area contributed by atoms with E-state index >= 15 is 0 Å². The number of halogens is 2. The molecule has 20 heavy (non-hydrogen) atoms. The molecule has 1 N–H and O–H groups in total. The average Bonchev–Trinajstić information content (AvgIpc) is 2.95. The lowest BCUT2D eigenvalue weighted by Gasteiger charge is -2.54. The van der Waals surface area contributed by atoms with Crippen LogP contribution in [0.5, 0.6) is 0 Å². The Kier molecular flexibility index (Phi) is 4.16. The molecular weight excluding hydrogens is 293 g/mol. The molecule has 0 amide bonds. The van der Waals surface area contributed by atoms with Crippen molar-refractivity contribution in [2.75, 3.05) is 11.9 Å². The summed E-state index contributed by atoms with van der Waals surface area (Å²) in [6.07, 6.45) is 6.61. The molecule has 0 aromatic heterocycles. The van der Waals surface area contributed by atoms with Crippen molar-refractivity contribution in [1.29, 1.82) is 0 Å². The third kappa shape index (κ3) is 2.32. The first kappa shape index (κ1) is 14.5. The van der Waals surface area contributed by atoms with Gasteiger partial charge in [-0.3, -0.25) is 0 Å². The summed E-state index contributed by atoms with van der Waals surface area (Å²) < 4.78 is 5.94. The van der Waals surface area contributed by atoms with Crippen LogP contribution in [0.1, 0.15) is 39.0 Å². The Labute approximate surface area is 130 Å². The molecule has 2 unspecified atom stereocenters. The van der Waals surface area contributed by atoms with Crippen molar-refractivity contribution >= 4 is 28.9 Å². The van der Waals surface area contributed by atoms with Crippen LogP contribution in [0.2, 0.25) is 10.0 Å². The molecule has 0 heterocycles. The van der Waals surface area contributed by atoms with E-state index in [1.54, 1.807) is 0 Å². The van der Waals surface area contributed by atoms with E-state index in [9.17, 15) is 0 Å². The van der Waals surface area contributed by atoms with Crippen LogP contribution < -0.4 is 5.32 Å². The second kappa shape index (κ2) is 5.75. The maximum Gasteiger partial charge on any atom is 0.0823 e. The van der Waals surface area contributed by atoms with Crippen LogP contribution in [0.3, 0.4) is 0 Å². The zero-order valence-corrected chi connectivity index (χ0v) is 13.3. The molecule has 2 aliphatic carbocycles. The molecule has 0 saturated heterocycles. The summed E-state index contributed by atoms with van der Waals surface area (Å²) in [6, 6.07) is 6.23. The van der Waals surface area contributed by atoms with E-state index in [0.717, 1.165) is 18.7 Å². The van der Waals surface area contributed by atoms with E-state index in [0.29, 0.717) is 27.6 Å². The van der Waals surface area contributed by atoms with Crippen LogP contribution in [-0.2, 0) is 4.74 Å². The van der Waals surface area contributed by atoms with Gasteiger partial charge < -0.3 is 10.1 Å². The van der Waals surface area contributed by atoms with Gasteiger partial charge >= 0.3 is 0 Å². The Bertz CT molecular complexity index is 485. The highest BCUT2D eigenvalue weighted by Crippen LogP contribution is 2.56. The predicted octanol–water partition coefficient (Wildman–Crippen LogP) is 5.14. The van der Waals surface area contributed by atoms with E-state index in [-0.39, 0.29) is 0 Å². The first-order valence-corrected chi connectivity index (χ1v) is 8.25. The first-order chi connectivity index (χ1) is 9.67. The van der Waals surface area contributed by atoms with Crippen LogP contribution in [-0.4, -0.2) is 18.8 Å². The molecule has 110 valence electrons. The van der Waals surface area contributed by atoms with Gasteiger partial charge in [-0.1, -0.05) is 42.1 Å². The minimum absolute atomic E-state index is 0.307. The largest absolute Gasteiger partial charge is 0.380 e. The van der Waals surface area contributed by atoms with Gasteiger partial charge in [-0.15, -0.1) is 0 Å². The molecule has 0 bridgehead atoms. The molecule has 2 atom stereocenters. The number of nitrogens with one attached hydrogen (secondary N) is 1. The van der Waals surface area contributed by atoms with E-state index in [2.05, 4.69) is 12.2 Å². The van der Waals surface area contributed by atoms with E-state index in [1.165, 1.54) is 25.7 Å². The van der Waals surface area contributed by atoms with Gasteiger partial charge in [0.2, 0.25) is 0 Å². The maximum atomic E-state index is 6.29. The summed E-state index contributed by atoms with van der Waals surface area (Å²) in [5.74, 6) is 0. The Morgan fingerprint density at radius 2 is 2.05 bits per heavy atom. The fraction of sp³-hybridized carbons (Fsp3) is 0.625. The van der Waals surface area contributed by atoms with Crippen LogP contribution in [0, 0.1) is 5.41 Å². The number of ether oxygens (including phenoxy) is 1. The van der Waals surface area contributed by atoms with Gasteiger partial charge in [-0.2, -0.15) is 0 Å². The van der Waals surface area contributed by atoms with Crippen LogP contribution in [0.25, 0.3) is 0 Å². The summed E-state index contributed by atoms with van der Waals surface area (Å²) in [6.45, 7) is 2.88. The van der Waals surface area contributed by atoms with Crippen molar-refractivity contribution in [3.8, 4) is 0 Å². The van der Waals surface area contributed by atoms with Crippen molar-refractivity contribution in [3.63, 3.8) is 0 Å². The zero-order chi connectivity index (χ0) is 14.2. The van der Waals surface area contributed by atoms with Crippen molar-refractivity contribution < 1.29 is 4.74 Å². The topological polar surface area (TPSA) is 21.3 Å². The Morgan fingerprint density at radius 1 is 1.30 bits per heavy atom. The Hall–Kier alpha value is -0.440. The van der Waals surface area contributed by atoms with Crippen molar-refractivity contribution in [2.24, 2.45) is 5.41 Å². The van der Waals surface area contributed by atoms with Gasteiger partial charge in [-0.25, -0.2) is 0 Å². The molecule has 4 heteroatoms. The highest BCUT2D eigenvalue weighted by atomic mass is 35.5. The van der Waals surface area contributed by atoms with E-state index < -0.39 is 0 Å². The number of hydrogen-bond acceptors (Lipinski definition) is 2. The van der Waals surface area contributed by atoms with Gasteiger partial charge in [0.05, 0.1) is 21.8 Å². The lowest BCUT2D eigenvalue weighted by molar-refractivity contribution is -0.114. The molecule has 2 fully saturated rings. The minimum Gasteiger partial charge on any atom is -0.380 e. The molecule has 1 aromatic carbocycles. The fourth-order valence-corrected chi connectivity index (χ4v) is 4.25. The highest BCUT2D eigenvalue weighted by molar-refractivity contribution is 6.43. The third-order valence-corrected chi connectivity index (χ3v) is 5.79. The summed E-state index contributed by atoms with van der Waals surface area (Å²) in [5.41, 5.74) is 1.26. The SMILES string of the molecule is CCOC1CC(Nc2cccc(Cl)c2Cl)C12CCCC2. The molecule has 1 spiro atoms. The zero-order valence-electron chi connectivity index (χ0n) is 11.8. The molecular formula is C16H21Cl2NO. The molecule has 2 aliphatic rings.